The second-order valence-corrected chi connectivity index (χ2v) is 9.45. The third-order valence-corrected chi connectivity index (χ3v) is 7.33. The van der Waals surface area contributed by atoms with Crippen LogP contribution in [-0.2, 0) is 11.3 Å². The van der Waals surface area contributed by atoms with Gasteiger partial charge in [0.25, 0.3) is 0 Å². The van der Waals surface area contributed by atoms with Gasteiger partial charge in [-0.15, -0.1) is 0 Å². The summed E-state index contributed by atoms with van der Waals surface area (Å²) >= 11 is 0. The van der Waals surface area contributed by atoms with Crippen LogP contribution in [-0.4, -0.2) is 66.0 Å². The molecular formula is C25H29N7O. The third-order valence-electron chi connectivity index (χ3n) is 7.33. The van der Waals surface area contributed by atoms with Crippen LogP contribution in [0.5, 0.6) is 0 Å². The lowest BCUT2D eigenvalue weighted by Gasteiger charge is -2.43. The number of piperazine rings is 1. The molecule has 1 aromatic carbocycles. The first-order valence-corrected chi connectivity index (χ1v) is 11.7. The first kappa shape index (κ1) is 20.5. The van der Waals surface area contributed by atoms with Crippen LogP contribution in [0, 0.1) is 11.3 Å². The average molecular weight is 444 g/mol. The van der Waals surface area contributed by atoms with Gasteiger partial charge in [0.05, 0.1) is 36.7 Å². The highest BCUT2D eigenvalue weighted by Gasteiger charge is 2.39. The molecule has 3 unspecified atom stereocenters. The first-order valence-electron chi connectivity index (χ1n) is 11.7. The molecule has 0 spiro atoms. The number of fused-ring (bicyclic) bond motifs is 4. The average Bonchev–Trinajstić information content (AvgIpc) is 3.39. The fourth-order valence-electron chi connectivity index (χ4n) is 5.73. The van der Waals surface area contributed by atoms with Gasteiger partial charge >= 0.3 is 0 Å². The van der Waals surface area contributed by atoms with Crippen molar-refractivity contribution in [1.29, 1.82) is 5.26 Å². The standard InChI is InChI=1S/C25H29N7O/c1-17-12-30(23-5-3-21(11-26)32-24(23)6-7-28-32)15-25-22-4-2-20(10-18(22)13-31(17)25)29-8-9-33-16-19(27)14-29/h2-7,10,17,19,25H,8-9,12-16,27H2,1H3. The van der Waals surface area contributed by atoms with Gasteiger partial charge in [0.1, 0.15) is 11.8 Å². The summed E-state index contributed by atoms with van der Waals surface area (Å²) in [6, 6.07) is 15.9. The largest absolute Gasteiger partial charge is 0.378 e. The van der Waals surface area contributed by atoms with Crippen molar-refractivity contribution in [2.45, 2.75) is 31.6 Å². The van der Waals surface area contributed by atoms with E-state index in [9.17, 15) is 5.26 Å². The summed E-state index contributed by atoms with van der Waals surface area (Å²) in [5, 5.41) is 13.8. The number of benzene rings is 1. The van der Waals surface area contributed by atoms with Crippen LogP contribution >= 0.6 is 0 Å². The van der Waals surface area contributed by atoms with E-state index in [0.717, 1.165) is 50.5 Å². The van der Waals surface area contributed by atoms with Gasteiger partial charge in [-0.1, -0.05) is 6.07 Å². The molecule has 33 heavy (non-hydrogen) atoms. The number of nitriles is 1. The van der Waals surface area contributed by atoms with Crippen molar-refractivity contribution >= 4 is 16.9 Å². The highest BCUT2D eigenvalue weighted by atomic mass is 16.5. The van der Waals surface area contributed by atoms with E-state index in [1.807, 2.05) is 12.1 Å². The highest BCUT2D eigenvalue weighted by Crippen LogP contribution is 2.41. The van der Waals surface area contributed by atoms with E-state index in [-0.39, 0.29) is 6.04 Å². The molecule has 0 bridgehead atoms. The Morgan fingerprint density at radius 3 is 2.91 bits per heavy atom. The van der Waals surface area contributed by atoms with Crippen LogP contribution in [0.1, 0.15) is 29.8 Å². The number of anilines is 2. The summed E-state index contributed by atoms with van der Waals surface area (Å²) < 4.78 is 7.38. The predicted octanol–water partition coefficient (Wildman–Crippen LogP) is 2.14. The van der Waals surface area contributed by atoms with Gasteiger partial charge in [0, 0.05) is 50.5 Å². The van der Waals surface area contributed by atoms with Gasteiger partial charge in [-0.3, -0.25) is 4.90 Å². The molecule has 2 saturated heterocycles. The zero-order valence-corrected chi connectivity index (χ0v) is 18.9. The normalized spacial score (nSPS) is 25.5. The molecule has 5 heterocycles. The van der Waals surface area contributed by atoms with Crippen molar-refractivity contribution in [3.8, 4) is 6.07 Å². The molecule has 3 atom stereocenters. The maximum absolute atomic E-state index is 9.43. The number of rotatable bonds is 2. The SMILES string of the molecule is CC1CN(c2ccc(C#N)n3nccc23)CC2c3ccc(N4CCOCC(N)C4)cc3CN12. The van der Waals surface area contributed by atoms with Crippen molar-refractivity contribution in [2.75, 3.05) is 49.2 Å². The molecule has 2 N–H and O–H groups in total. The van der Waals surface area contributed by atoms with Crippen molar-refractivity contribution in [3.63, 3.8) is 0 Å². The lowest BCUT2D eigenvalue weighted by Crippen LogP contribution is -2.51. The van der Waals surface area contributed by atoms with Crippen molar-refractivity contribution in [3.05, 3.63) is 59.4 Å². The van der Waals surface area contributed by atoms with Crippen LogP contribution in [0.25, 0.3) is 5.52 Å². The summed E-state index contributed by atoms with van der Waals surface area (Å²) in [6.45, 7) is 8.22. The zero-order chi connectivity index (χ0) is 22.5. The minimum absolute atomic E-state index is 0.0495. The highest BCUT2D eigenvalue weighted by molar-refractivity contribution is 5.74. The maximum atomic E-state index is 9.43. The van der Waals surface area contributed by atoms with Gasteiger partial charge in [-0.2, -0.15) is 10.4 Å². The molecular weight excluding hydrogens is 414 g/mol. The molecule has 0 radical (unpaired) electrons. The molecule has 6 rings (SSSR count). The first-order chi connectivity index (χ1) is 16.1. The third kappa shape index (κ3) is 3.44. The van der Waals surface area contributed by atoms with E-state index in [4.69, 9.17) is 10.5 Å². The summed E-state index contributed by atoms with van der Waals surface area (Å²) in [7, 11) is 0. The van der Waals surface area contributed by atoms with E-state index in [0.29, 0.717) is 24.4 Å². The van der Waals surface area contributed by atoms with Gasteiger partial charge in [0.15, 0.2) is 0 Å². The van der Waals surface area contributed by atoms with Crippen LogP contribution in [0.15, 0.2) is 42.6 Å². The quantitative estimate of drug-likeness (QED) is 0.649. The summed E-state index contributed by atoms with van der Waals surface area (Å²) in [5.41, 5.74) is 13.0. The van der Waals surface area contributed by atoms with E-state index >= 15 is 0 Å². The minimum atomic E-state index is 0.0495. The molecule has 0 aliphatic carbocycles. The summed E-state index contributed by atoms with van der Waals surface area (Å²) in [6.07, 6.45) is 1.77. The molecule has 3 aliphatic rings. The monoisotopic (exact) mass is 443 g/mol. The zero-order valence-electron chi connectivity index (χ0n) is 18.9. The lowest BCUT2D eigenvalue weighted by atomic mass is 10.0. The van der Waals surface area contributed by atoms with Crippen LogP contribution in [0.2, 0.25) is 0 Å². The number of nitrogens with two attached hydrogens (primary N) is 1. The van der Waals surface area contributed by atoms with Gasteiger partial charge in [-0.25, -0.2) is 4.52 Å². The molecule has 3 aliphatic heterocycles. The fraction of sp³-hybridized carbons (Fsp3) is 0.440. The number of aromatic nitrogens is 2. The Morgan fingerprint density at radius 1 is 1.12 bits per heavy atom. The fourth-order valence-corrected chi connectivity index (χ4v) is 5.73. The Labute approximate surface area is 193 Å². The topological polar surface area (TPSA) is 86.1 Å². The summed E-state index contributed by atoms with van der Waals surface area (Å²) in [5.74, 6) is 0. The predicted molar refractivity (Wildman–Crippen MR) is 127 cm³/mol. The van der Waals surface area contributed by atoms with Gasteiger partial charge < -0.3 is 20.3 Å². The Kier molecular flexibility index (Phi) is 4.98. The van der Waals surface area contributed by atoms with Crippen LogP contribution in [0.3, 0.4) is 0 Å². The van der Waals surface area contributed by atoms with E-state index < -0.39 is 0 Å². The van der Waals surface area contributed by atoms with Crippen molar-refractivity contribution in [2.24, 2.45) is 5.73 Å². The van der Waals surface area contributed by atoms with E-state index in [1.165, 1.54) is 16.8 Å². The molecule has 0 amide bonds. The molecule has 0 saturated carbocycles. The summed E-state index contributed by atoms with van der Waals surface area (Å²) in [4.78, 5) is 7.44. The van der Waals surface area contributed by atoms with Crippen LogP contribution < -0.4 is 15.5 Å². The molecule has 2 aromatic heterocycles. The van der Waals surface area contributed by atoms with Crippen molar-refractivity contribution < 1.29 is 4.74 Å². The maximum Gasteiger partial charge on any atom is 0.142 e. The van der Waals surface area contributed by atoms with Gasteiger partial charge in [0.2, 0.25) is 0 Å². The molecule has 8 heteroatoms. The van der Waals surface area contributed by atoms with E-state index in [1.54, 1.807) is 10.7 Å². The van der Waals surface area contributed by atoms with E-state index in [2.05, 4.69) is 57.1 Å². The Bertz CT molecular complexity index is 1230. The molecule has 2 fully saturated rings. The minimum Gasteiger partial charge on any atom is -0.378 e. The Balaban J connectivity index is 1.30. The van der Waals surface area contributed by atoms with Crippen molar-refractivity contribution in [1.82, 2.24) is 14.5 Å². The second-order valence-electron chi connectivity index (χ2n) is 9.45. The molecule has 170 valence electrons. The number of hydrogen-bond acceptors (Lipinski definition) is 7. The number of pyridine rings is 1. The second kappa shape index (κ2) is 8.03. The lowest BCUT2D eigenvalue weighted by molar-refractivity contribution is 0.134. The molecule has 3 aromatic rings. The Hall–Kier alpha value is -3.12. The van der Waals surface area contributed by atoms with Crippen LogP contribution in [0.4, 0.5) is 11.4 Å². The molecule has 8 nitrogen and oxygen atoms in total. The number of hydrogen-bond donors (Lipinski definition) is 1. The van der Waals surface area contributed by atoms with Gasteiger partial charge in [-0.05, 0) is 48.4 Å². The smallest absolute Gasteiger partial charge is 0.142 e. The Morgan fingerprint density at radius 2 is 2.03 bits per heavy atom. The number of ether oxygens (including phenoxy) is 1. The number of nitrogens with zero attached hydrogens (tertiary/aromatic N) is 6.